The lowest BCUT2D eigenvalue weighted by atomic mass is 10.0. The van der Waals surface area contributed by atoms with Crippen molar-refractivity contribution in [2.75, 3.05) is 29.8 Å². The highest BCUT2D eigenvalue weighted by Crippen LogP contribution is 2.23. The second kappa shape index (κ2) is 7.31. The van der Waals surface area contributed by atoms with Crippen molar-refractivity contribution in [3.05, 3.63) is 42.6 Å². The number of ether oxygens (including phenoxy) is 1. The van der Waals surface area contributed by atoms with E-state index in [1.165, 1.54) is 25.7 Å². The number of benzene rings is 1. The molecule has 1 saturated heterocycles. The summed E-state index contributed by atoms with van der Waals surface area (Å²) in [5.41, 5.74) is 0.449. The molecule has 6 nitrogen and oxygen atoms in total. The summed E-state index contributed by atoms with van der Waals surface area (Å²) in [6.45, 7) is 4.22. The summed E-state index contributed by atoms with van der Waals surface area (Å²) >= 11 is 0. The summed E-state index contributed by atoms with van der Waals surface area (Å²) < 4.78 is 32.5. The number of pyridine rings is 1. The van der Waals surface area contributed by atoms with Crippen LogP contribution in [-0.2, 0) is 10.0 Å². The molecule has 7 heteroatoms. The van der Waals surface area contributed by atoms with Gasteiger partial charge in [0.2, 0.25) is 0 Å². The van der Waals surface area contributed by atoms with E-state index in [0.29, 0.717) is 17.4 Å². The highest BCUT2D eigenvalue weighted by atomic mass is 32.2. The number of aromatic nitrogens is 1. The molecule has 0 bridgehead atoms. The average Bonchev–Trinajstić information content (AvgIpc) is 2.62. The zero-order chi connectivity index (χ0) is 17.9. The quantitative estimate of drug-likeness (QED) is 0.886. The van der Waals surface area contributed by atoms with Crippen LogP contribution in [0.25, 0.3) is 0 Å². The number of sulfonamides is 1. The fourth-order valence-corrected chi connectivity index (χ4v) is 4.04. The van der Waals surface area contributed by atoms with Crippen molar-refractivity contribution in [3.63, 3.8) is 0 Å². The Morgan fingerprint density at radius 2 is 1.96 bits per heavy atom. The van der Waals surface area contributed by atoms with E-state index < -0.39 is 10.0 Å². The minimum atomic E-state index is -3.64. The Kier molecular flexibility index (Phi) is 5.13. The fourth-order valence-electron chi connectivity index (χ4n) is 3.00. The van der Waals surface area contributed by atoms with Gasteiger partial charge in [-0.3, -0.25) is 4.72 Å². The van der Waals surface area contributed by atoms with Gasteiger partial charge in [-0.05, 0) is 55.2 Å². The molecule has 25 heavy (non-hydrogen) atoms. The summed E-state index contributed by atoms with van der Waals surface area (Å²) in [4.78, 5) is 6.85. The van der Waals surface area contributed by atoms with E-state index in [-0.39, 0.29) is 4.90 Å². The van der Waals surface area contributed by atoms with Gasteiger partial charge < -0.3 is 9.64 Å². The highest BCUT2D eigenvalue weighted by molar-refractivity contribution is 7.92. The van der Waals surface area contributed by atoms with Crippen LogP contribution in [0.15, 0.2) is 47.5 Å². The smallest absolute Gasteiger partial charge is 0.261 e. The van der Waals surface area contributed by atoms with Gasteiger partial charge in [-0.15, -0.1) is 0 Å². The summed E-state index contributed by atoms with van der Waals surface area (Å²) in [5, 5.41) is 0. The SMILES string of the molecule is COc1ccc(S(=O)(=O)Nc2ccc(N3CCCC(C)C3)nc2)cc1. The van der Waals surface area contributed by atoms with E-state index in [1.807, 2.05) is 6.07 Å². The van der Waals surface area contributed by atoms with E-state index in [4.69, 9.17) is 4.74 Å². The van der Waals surface area contributed by atoms with Gasteiger partial charge in [-0.2, -0.15) is 0 Å². The third kappa shape index (κ3) is 4.22. The standard InChI is InChI=1S/C18H23N3O3S/c1-14-4-3-11-21(13-14)18-10-5-15(12-19-18)20-25(22,23)17-8-6-16(24-2)7-9-17/h5-10,12,14,20H,3-4,11,13H2,1-2H3. The van der Waals surface area contributed by atoms with Crippen LogP contribution < -0.4 is 14.4 Å². The highest BCUT2D eigenvalue weighted by Gasteiger charge is 2.18. The van der Waals surface area contributed by atoms with Gasteiger partial charge in [0, 0.05) is 13.1 Å². The van der Waals surface area contributed by atoms with Crippen LogP contribution in [0.3, 0.4) is 0 Å². The molecule has 0 amide bonds. The van der Waals surface area contributed by atoms with Crippen LogP contribution in [0.1, 0.15) is 19.8 Å². The topological polar surface area (TPSA) is 71.5 Å². The molecule has 0 saturated carbocycles. The number of anilines is 2. The Hall–Kier alpha value is -2.28. The maximum Gasteiger partial charge on any atom is 0.261 e. The summed E-state index contributed by atoms with van der Waals surface area (Å²) in [6.07, 6.45) is 3.97. The van der Waals surface area contributed by atoms with Gasteiger partial charge in [0.05, 0.1) is 23.9 Å². The number of methoxy groups -OCH3 is 1. The van der Waals surface area contributed by atoms with Crippen LogP contribution in [0.5, 0.6) is 5.75 Å². The van der Waals surface area contributed by atoms with Crippen molar-refractivity contribution in [2.45, 2.75) is 24.7 Å². The molecule has 1 N–H and O–H groups in total. The third-order valence-corrected chi connectivity index (χ3v) is 5.75. The molecular weight excluding hydrogens is 338 g/mol. The number of nitrogens with zero attached hydrogens (tertiary/aromatic N) is 2. The maximum absolute atomic E-state index is 12.4. The Balaban J connectivity index is 1.71. The molecule has 2 aromatic rings. The first kappa shape index (κ1) is 17.5. The minimum absolute atomic E-state index is 0.183. The molecule has 3 rings (SSSR count). The van der Waals surface area contributed by atoms with Crippen molar-refractivity contribution in [1.29, 1.82) is 0 Å². The molecule has 1 unspecified atom stereocenters. The van der Waals surface area contributed by atoms with Crippen molar-refractivity contribution >= 4 is 21.5 Å². The summed E-state index contributed by atoms with van der Waals surface area (Å²) in [7, 11) is -2.10. The zero-order valence-corrected chi connectivity index (χ0v) is 15.3. The first-order valence-corrected chi connectivity index (χ1v) is 9.84. The second-order valence-corrected chi connectivity index (χ2v) is 8.06. The van der Waals surface area contributed by atoms with Crippen molar-refractivity contribution in [1.82, 2.24) is 4.98 Å². The van der Waals surface area contributed by atoms with Crippen molar-refractivity contribution < 1.29 is 13.2 Å². The summed E-state index contributed by atoms with van der Waals surface area (Å²) in [6, 6.07) is 9.88. The lowest BCUT2D eigenvalue weighted by Crippen LogP contribution is -2.34. The number of hydrogen-bond donors (Lipinski definition) is 1. The number of nitrogens with one attached hydrogen (secondary N) is 1. The zero-order valence-electron chi connectivity index (χ0n) is 14.5. The van der Waals surface area contributed by atoms with Crippen LogP contribution in [0.2, 0.25) is 0 Å². The molecule has 1 atom stereocenters. The Morgan fingerprint density at radius 3 is 2.56 bits per heavy atom. The molecule has 1 fully saturated rings. The van der Waals surface area contributed by atoms with E-state index in [0.717, 1.165) is 25.3 Å². The van der Waals surface area contributed by atoms with Crippen LogP contribution >= 0.6 is 0 Å². The summed E-state index contributed by atoms with van der Waals surface area (Å²) in [5.74, 6) is 2.16. The molecule has 134 valence electrons. The van der Waals surface area contributed by atoms with Crippen LogP contribution in [0.4, 0.5) is 11.5 Å². The Morgan fingerprint density at radius 1 is 1.20 bits per heavy atom. The number of hydrogen-bond acceptors (Lipinski definition) is 5. The van der Waals surface area contributed by atoms with Crippen LogP contribution in [0, 0.1) is 5.92 Å². The predicted molar refractivity (Wildman–Crippen MR) is 98.7 cm³/mol. The van der Waals surface area contributed by atoms with E-state index in [1.54, 1.807) is 24.4 Å². The molecule has 1 aromatic heterocycles. The monoisotopic (exact) mass is 361 g/mol. The first-order chi connectivity index (χ1) is 12.0. The molecule has 1 aliphatic heterocycles. The van der Waals surface area contributed by atoms with Gasteiger partial charge in [0.25, 0.3) is 10.0 Å². The number of rotatable bonds is 5. The Labute approximate surface area is 148 Å². The maximum atomic E-state index is 12.4. The molecule has 2 heterocycles. The first-order valence-electron chi connectivity index (χ1n) is 8.36. The molecule has 0 aliphatic carbocycles. The predicted octanol–water partition coefficient (Wildman–Crippen LogP) is 3.13. The third-order valence-electron chi connectivity index (χ3n) is 4.35. The van der Waals surface area contributed by atoms with Crippen molar-refractivity contribution in [3.8, 4) is 5.75 Å². The molecule has 0 radical (unpaired) electrons. The minimum Gasteiger partial charge on any atom is -0.497 e. The molecule has 0 spiro atoms. The second-order valence-electron chi connectivity index (χ2n) is 6.38. The number of piperidine rings is 1. The van der Waals surface area contributed by atoms with Crippen molar-refractivity contribution in [2.24, 2.45) is 5.92 Å². The van der Waals surface area contributed by atoms with E-state index in [9.17, 15) is 8.42 Å². The van der Waals surface area contributed by atoms with Gasteiger partial charge in [-0.25, -0.2) is 13.4 Å². The molecule has 1 aromatic carbocycles. The van der Waals surface area contributed by atoms with E-state index in [2.05, 4.69) is 21.5 Å². The fraction of sp³-hybridized carbons (Fsp3) is 0.389. The molecular formula is C18H23N3O3S. The van der Waals surface area contributed by atoms with E-state index >= 15 is 0 Å². The van der Waals surface area contributed by atoms with Gasteiger partial charge in [-0.1, -0.05) is 6.92 Å². The lowest BCUT2D eigenvalue weighted by Gasteiger charge is -2.31. The van der Waals surface area contributed by atoms with Gasteiger partial charge in [0.15, 0.2) is 0 Å². The lowest BCUT2D eigenvalue weighted by molar-refractivity contribution is 0.414. The van der Waals surface area contributed by atoms with Gasteiger partial charge >= 0.3 is 0 Å². The normalized spacial score (nSPS) is 18.0. The molecule has 1 aliphatic rings. The van der Waals surface area contributed by atoms with Crippen LogP contribution in [-0.4, -0.2) is 33.6 Å². The average molecular weight is 361 g/mol. The van der Waals surface area contributed by atoms with Gasteiger partial charge in [0.1, 0.15) is 11.6 Å². The largest absolute Gasteiger partial charge is 0.497 e. The Bertz CT molecular complexity index is 804.